The smallest absolute Gasteiger partial charge is 0.209 e. The molecule has 0 saturated carbocycles. The summed E-state index contributed by atoms with van der Waals surface area (Å²) in [7, 11) is 0. The fraction of sp³-hybridized carbons (Fsp3) is 0. The molecule has 0 bridgehead atoms. The second kappa shape index (κ2) is 3.86. The SMILES string of the molecule is N=C1C=CC(=Nc2nccs2)C(Cl)=C1. The largest absolute Gasteiger partial charge is 0.301 e. The molecule has 0 radical (unpaired) electrons. The first-order valence-electron chi connectivity index (χ1n) is 3.88. The van der Waals surface area contributed by atoms with Gasteiger partial charge >= 0.3 is 0 Å². The van der Waals surface area contributed by atoms with Crippen LogP contribution in [0.5, 0.6) is 0 Å². The quantitative estimate of drug-likeness (QED) is 0.732. The Kier molecular flexibility index (Phi) is 2.56. The van der Waals surface area contributed by atoms with Crippen molar-refractivity contribution in [3.8, 4) is 0 Å². The number of allylic oxidation sites excluding steroid dienone is 4. The van der Waals surface area contributed by atoms with Crippen LogP contribution in [0.15, 0.2) is 39.8 Å². The highest BCUT2D eigenvalue weighted by atomic mass is 35.5. The molecule has 1 aliphatic carbocycles. The Morgan fingerprint density at radius 1 is 1.43 bits per heavy atom. The van der Waals surface area contributed by atoms with Crippen LogP contribution >= 0.6 is 22.9 Å². The molecular formula is C9H6ClN3S. The molecule has 2 rings (SSSR count). The van der Waals surface area contributed by atoms with Crippen molar-refractivity contribution < 1.29 is 0 Å². The maximum atomic E-state index is 7.34. The number of hydrogen-bond acceptors (Lipinski definition) is 4. The molecule has 1 N–H and O–H groups in total. The lowest BCUT2D eigenvalue weighted by atomic mass is 10.1. The van der Waals surface area contributed by atoms with Gasteiger partial charge in [0.15, 0.2) is 0 Å². The van der Waals surface area contributed by atoms with Gasteiger partial charge in [0.05, 0.1) is 16.5 Å². The van der Waals surface area contributed by atoms with Crippen molar-refractivity contribution in [3.05, 3.63) is 34.8 Å². The number of halogens is 1. The molecule has 1 aliphatic rings. The highest BCUT2D eigenvalue weighted by Crippen LogP contribution is 2.19. The standard InChI is InChI=1S/C9H6ClN3S/c10-7-5-6(11)1-2-8(7)13-9-12-3-4-14-9/h1-5,11H. The Balaban J connectivity index is 2.33. The van der Waals surface area contributed by atoms with Crippen LogP contribution in [0.2, 0.25) is 0 Å². The predicted molar refractivity (Wildman–Crippen MR) is 60.0 cm³/mol. The summed E-state index contributed by atoms with van der Waals surface area (Å²) in [6.07, 6.45) is 6.62. The van der Waals surface area contributed by atoms with Gasteiger partial charge in [0.1, 0.15) is 0 Å². The number of thiazole rings is 1. The highest BCUT2D eigenvalue weighted by molar-refractivity contribution is 7.13. The van der Waals surface area contributed by atoms with E-state index in [1.807, 2.05) is 5.38 Å². The number of nitrogens with one attached hydrogen (secondary N) is 1. The summed E-state index contributed by atoms with van der Waals surface area (Å²) in [5.41, 5.74) is 1.03. The topological polar surface area (TPSA) is 49.1 Å². The summed E-state index contributed by atoms with van der Waals surface area (Å²) in [5.74, 6) is 0. The van der Waals surface area contributed by atoms with Gasteiger partial charge in [-0.05, 0) is 18.2 Å². The van der Waals surface area contributed by atoms with E-state index in [-0.39, 0.29) is 0 Å². The van der Waals surface area contributed by atoms with Gasteiger partial charge in [-0.15, -0.1) is 11.3 Å². The second-order valence-electron chi connectivity index (χ2n) is 2.59. The van der Waals surface area contributed by atoms with Crippen LogP contribution in [0.4, 0.5) is 5.13 Å². The van der Waals surface area contributed by atoms with E-state index in [0.29, 0.717) is 21.6 Å². The molecule has 0 fully saturated rings. The maximum absolute atomic E-state index is 7.34. The molecule has 0 aromatic carbocycles. The first kappa shape index (κ1) is 9.30. The average molecular weight is 224 g/mol. The van der Waals surface area contributed by atoms with E-state index >= 15 is 0 Å². The molecule has 0 saturated heterocycles. The van der Waals surface area contributed by atoms with E-state index in [4.69, 9.17) is 17.0 Å². The molecule has 3 nitrogen and oxygen atoms in total. The zero-order valence-electron chi connectivity index (χ0n) is 7.07. The fourth-order valence-electron chi connectivity index (χ4n) is 0.972. The molecule has 0 atom stereocenters. The van der Waals surface area contributed by atoms with Crippen LogP contribution in [-0.2, 0) is 0 Å². The van der Waals surface area contributed by atoms with Crippen LogP contribution in [0.1, 0.15) is 0 Å². The molecule has 5 heteroatoms. The Morgan fingerprint density at radius 2 is 2.29 bits per heavy atom. The van der Waals surface area contributed by atoms with E-state index in [9.17, 15) is 0 Å². The first-order valence-corrected chi connectivity index (χ1v) is 5.14. The lowest BCUT2D eigenvalue weighted by Gasteiger charge is -2.03. The van der Waals surface area contributed by atoms with Crippen molar-refractivity contribution in [2.45, 2.75) is 0 Å². The van der Waals surface area contributed by atoms with Crippen molar-refractivity contribution in [3.63, 3.8) is 0 Å². The van der Waals surface area contributed by atoms with E-state index in [1.165, 1.54) is 11.3 Å². The molecule has 70 valence electrons. The van der Waals surface area contributed by atoms with E-state index in [2.05, 4.69) is 9.98 Å². The summed E-state index contributed by atoms with van der Waals surface area (Å²) < 4.78 is 0. The maximum Gasteiger partial charge on any atom is 0.209 e. The van der Waals surface area contributed by atoms with E-state index < -0.39 is 0 Å². The molecule has 1 aromatic rings. The fourth-order valence-corrected chi connectivity index (χ4v) is 1.71. The Labute approximate surface area is 90.0 Å². The number of aliphatic imine (C=N–C) groups is 1. The van der Waals surface area contributed by atoms with Gasteiger partial charge in [-0.1, -0.05) is 11.6 Å². The zero-order chi connectivity index (χ0) is 9.97. The average Bonchev–Trinajstić information content (AvgIpc) is 2.62. The molecule has 0 unspecified atom stereocenters. The molecule has 14 heavy (non-hydrogen) atoms. The minimum Gasteiger partial charge on any atom is -0.301 e. The number of hydrogen-bond donors (Lipinski definition) is 1. The lowest BCUT2D eigenvalue weighted by molar-refractivity contribution is 1.36. The summed E-state index contributed by atoms with van der Waals surface area (Å²) in [4.78, 5) is 8.26. The predicted octanol–water partition coefficient (Wildman–Crippen LogP) is 2.93. The summed E-state index contributed by atoms with van der Waals surface area (Å²) in [6.45, 7) is 0. The molecular weight excluding hydrogens is 218 g/mol. The molecule has 1 aromatic heterocycles. The third kappa shape index (κ3) is 1.97. The van der Waals surface area contributed by atoms with Gasteiger partial charge in [0.25, 0.3) is 0 Å². The van der Waals surface area contributed by atoms with Crippen molar-refractivity contribution in [2.75, 3.05) is 0 Å². The highest BCUT2D eigenvalue weighted by Gasteiger charge is 2.07. The Bertz CT molecular complexity index is 443. The van der Waals surface area contributed by atoms with Gasteiger partial charge in [-0.2, -0.15) is 0 Å². The van der Waals surface area contributed by atoms with Crippen molar-refractivity contribution in [2.24, 2.45) is 4.99 Å². The monoisotopic (exact) mass is 223 g/mol. The van der Waals surface area contributed by atoms with Crippen LogP contribution in [0.25, 0.3) is 0 Å². The molecule has 1 heterocycles. The number of rotatable bonds is 1. The molecule has 0 amide bonds. The van der Waals surface area contributed by atoms with Crippen molar-refractivity contribution in [1.29, 1.82) is 5.41 Å². The zero-order valence-corrected chi connectivity index (χ0v) is 8.64. The van der Waals surface area contributed by atoms with Crippen molar-refractivity contribution >= 4 is 39.5 Å². The molecule has 0 spiro atoms. The van der Waals surface area contributed by atoms with Crippen LogP contribution in [-0.4, -0.2) is 16.4 Å². The van der Waals surface area contributed by atoms with E-state index in [1.54, 1.807) is 24.4 Å². The minimum atomic E-state index is 0.382. The number of aromatic nitrogens is 1. The van der Waals surface area contributed by atoms with Gasteiger partial charge < -0.3 is 5.41 Å². The Morgan fingerprint density at radius 3 is 2.93 bits per heavy atom. The van der Waals surface area contributed by atoms with Gasteiger partial charge in [0, 0.05) is 11.6 Å². The summed E-state index contributed by atoms with van der Waals surface area (Å²) >= 11 is 7.36. The van der Waals surface area contributed by atoms with Gasteiger partial charge in [-0.25, -0.2) is 9.98 Å². The minimum absolute atomic E-state index is 0.382. The van der Waals surface area contributed by atoms with Gasteiger partial charge in [0.2, 0.25) is 5.13 Å². The van der Waals surface area contributed by atoms with Crippen molar-refractivity contribution in [1.82, 2.24) is 4.98 Å². The Hall–Kier alpha value is -1.26. The second-order valence-corrected chi connectivity index (χ2v) is 3.87. The van der Waals surface area contributed by atoms with Crippen LogP contribution in [0.3, 0.4) is 0 Å². The van der Waals surface area contributed by atoms with E-state index in [0.717, 1.165) is 0 Å². The molecule has 0 aliphatic heterocycles. The third-order valence-electron chi connectivity index (χ3n) is 1.58. The summed E-state index contributed by atoms with van der Waals surface area (Å²) in [5, 5.41) is 10.3. The first-order chi connectivity index (χ1) is 6.75. The van der Waals surface area contributed by atoms with Crippen LogP contribution < -0.4 is 0 Å². The normalized spacial score (nSPS) is 18.8. The summed E-state index contributed by atoms with van der Waals surface area (Å²) in [6, 6.07) is 0. The number of nitrogens with zero attached hydrogens (tertiary/aromatic N) is 2. The van der Waals surface area contributed by atoms with Gasteiger partial charge in [-0.3, -0.25) is 0 Å². The van der Waals surface area contributed by atoms with Crippen LogP contribution in [0, 0.1) is 5.41 Å². The lowest BCUT2D eigenvalue weighted by Crippen LogP contribution is -2.02. The third-order valence-corrected chi connectivity index (χ3v) is 2.55.